The molecule has 4 aromatic rings. The summed E-state index contributed by atoms with van der Waals surface area (Å²) in [6.07, 6.45) is -3.69. The highest BCUT2D eigenvalue weighted by Crippen LogP contribution is 2.31. The quantitative estimate of drug-likeness (QED) is 0.423. The van der Waals surface area contributed by atoms with E-state index in [1.807, 2.05) is 5.32 Å². The molecule has 0 aliphatic heterocycles. The Morgan fingerprint density at radius 2 is 1.80 bits per heavy atom. The molecule has 1 N–H and O–H groups in total. The van der Waals surface area contributed by atoms with Crippen LogP contribution in [-0.2, 0) is 0 Å². The summed E-state index contributed by atoms with van der Waals surface area (Å²) in [5, 5.41) is 5.72. The number of nitrogens with zero attached hydrogens (tertiary/aromatic N) is 4. The molecule has 2 aromatic heterocycles. The molecule has 0 bridgehead atoms. The van der Waals surface area contributed by atoms with Crippen molar-refractivity contribution < 1.29 is 35.9 Å². The molecule has 0 fully saturated rings. The average molecular weight is 497 g/mol. The van der Waals surface area contributed by atoms with Gasteiger partial charge < -0.3 is 10.1 Å². The van der Waals surface area contributed by atoms with E-state index in [2.05, 4.69) is 10.1 Å². The van der Waals surface area contributed by atoms with Crippen LogP contribution in [0.25, 0.3) is 11.3 Å². The largest absolute Gasteiger partial charge is 0.480 e. The van der Waals surface area contributed by atoms with Gasteiger partial charge in [0.1, 0.15) is 34.6 Å². The first-order chi connectivity index (χ1) is 16.5. The van der Waals surface area contributed by atoms with E-state index in [-0.39, 0.29) is 5.65 Å². The SMILES string of the molecule is CC(Oc1cc(-n2nc3cnccn3c2=O)c(F)cc1C(=O)Nc1c(F)cccc1F)C(F)(F)F. The Labute approximate surface area is 191 Å². The van der Waals surface area contributed by atoms with Gasteiger partial charge in [0.05, 0.1) is 11.8 Å². The second-order valence-corrected chi connectivity index (χ2v) is 7.15. The van der Waals surface area contributed by atoms with E-state index in [1.54, 1.807) is 0 Å². The Morgan fingerprint density at radius 1 is 1.11 bits per heavy atom. The number of alkyl halides is 3. The van der Waals surface area contributed by atoms with Gasteiger partial charge in [0.2, 0.25) is 0 Å². The fraction of sp³-hybridized carbons (Fsp3) is 0.143. The van der Waals surface area contributed by atoms with Gasteiger partial charge in [-0.2, -0.15) is 17.9 Å². The number of para-hydroxylation sites is 1. The van der Waals surface area contributed by atoms with E-state index < -0.39 is 64.0 Å². The van der Waals surface area contributed by atoms with Crippen LogP contribution in [0.1, 0.15) is 17.3 Å². The molecule has 0 spiro atoms. The van der Waals surface area contributed by atoms with E-state index in [0.29, 0.717) is 23.7 Å². The second-order valence-electron chi connectivity index (χ2n) is 7.15. The van der Waals surface area contributed by atoms with E-state index in [9.17, 15) is 31.5 Å². The second kappa shape index (κ2) is 8.77. The predicted molar refractivity (Wildman–Crippen MR) is 109 cm³/mol. The van der Waals surface area contributed by atoms with Crippen molar-refractivity contribution in [3.8, 4) is 11.4 Å². The number of aromatic nitrogens is 4. The third-order valence-electron chi connectivity index (χ3n) is 4.82. The number of hydrogen-bond donors (Lipinski definition) is 1. The number of benzene rings is 2. The van der Waals surface area contributed by atoms with Crippen LogP contribution in [0.3, 0.4) is 0 Å². The molecule has 182 valence electrons. The first-order valence-electron chi connectivity index (χ1n) is 9.71. The molecule has 1 atom stereocenters. The van der Waals surface area contributed by atoms with Gasteiger partial charge in [0, 0.05) is 18.5 Å². The summed E-state index contributed by atoms with van der Waals surface area (Å²) in [4.78, 5) is 29.1. The monoisotopic (exact) mass is 497 g/mol. The Kier molecular flexibility index (Phi) is 5.96. The van der Waals surface area contributed by atoms with Crippen molar-refractivity contribution in [2.24, 2.45) is 0 Å². The van der Waals surface area contributed by atoms with Crippen LogP contribution in [0.4, 0.5) is 32.0 Å². The van der Waals surface area contributed by atoms with Crippen LogP contribution in [0, 0.1) is 17.5 Å². The molecule has 0 radical (unpaired) electrons. The number of halogens is 6. The zero-order chi connectivity index (χ0) is 25.5. The highest BCUT2D eigenvalue weighted by atomic mass is 19.4. The summed E-state index contributed by atoms with van der Waals surface area (Å²) in [5.74, 6) is -5.79. The lowest BCUT2D eigenvalue weighted by Gasteiger charge is -2.20. The Morgan fingerprint density at radius 3 is 2.43 bits per heavy atom. The third kappa shape index (κ3) is 4.54. The molecule has 4 rings (SSSR count). The Bertz CT molecular complexity index is 1480. The Balaban J connectivity index is 1.84. The number of rotatable bonds is 5. The summed E-state index contributed by atoms with van der Waals surface area (Å²) in [6.45, 7) is 0.629. The first kappa shape index (κ1) is 23.8. The molecule has 2 heterocycles. The number of ether oxygens (including phenoxy) is 1. The molecule has 35 heavy (non-hydrogen) atoms. The maximum atomic E-state index is 15.0. The van der Waals surface area contributed by atoms with Crippen molar-refractivity contribution in [2.45, 2.75) is 19.2 Å². The predicted octanol–water partition coefficient (Wildman–Crippen LogP) is 3.88. The summed E-state index contributed by atoms with van der Waals surface area (Å²) >= 11 is 0. The van der Waals surface area contributed by atoms with E-state index in [4.69, 9.17) is 4.74 Å². The van der Waals surface area contributed by atoms with Crippen LogP contribution in [0.5, 0.6) is 5.75 Å². The smallest absolute Gasteiger partial charge is 0.425 e. The van der Waals surface area contributed by atoms with Crippen molar-refractivity contribution in [2.75, 3.05) is 5.32 Å². The number of anilines is 1. The molecule has 0 saturated heterocycles. The Hall–Kier alpha value is -4.36. The lowest BCUT2D eigenvalue weighted by atomic mass is 10.1. The maximum absolute atomic E-state index is 15.0. The van der Waals surface area contributed by atoms with Crippen molar-refractivity contribution >= 4 is 17.2 Å². The molecule has 0 saturated carbocycles. The number of fused-ring (bicyclic) bond motifs is 1. The van der Waals surface area contributed by atoms with Crippen LogP contribution in [0.15, 0.2) is 53.7 Å². The van der Waals surface area contributed by atoms with Gasteiger partial charge in [0.25, 0.3) is 5.91 Å². The molecule has 1 unspecified atom stereocenters. The van der Waals surface area contributed by atoms with Gasteiger partial charge in [-0.05, 0) is 25.1 Å². The molecule has 1 amide bonds. The van der Waals surface area contributed by atoms with E-state index in [0.717, 1.165) is 22.6 Å². The van der Waals surface area contributed by atoms with Crippen LogP contribution >= 0.6 is 0 Å². The standard InChI is InChI=1S/C21H13F6N5O3/c1-10(21(25,26)27)35-16-8-15(32-20(34)31-6-5-28-9-17(31)30-32)14(24)7-11(16)19(33)29-18-12(22)3-2-4-13(18)23/h2-10H,1H3,(H,29,33). The van der Waals surface area contributed by atoms with Gasteiger partial charge in [-0.15, -0.1) is 5.10 Å². The van der Waals surface area contributed by atoms with Crippen LogP contribution in [0.2, 0.25) is 0 Å². The summed E-state index contributed by atoms with van der Waals surface area (Å²) in [5.41, 5.74) is -3.25. The topological polar surface area (TPSA) is 90.5 Å². The van der Waals surface area contributed by atoms with Gasteiger partial charge in [-0.1, -0.05) is 6.07 Å². The normalized spacial score (nSPS) is 12.5. The number of nitrogens with one attached hydrogen (secondary N) is 1. The van der Waals surface area contributed by atoms with E-state index >= 15 is 4.39 Å². The number of carbonyl (C=O) groups is 1. The van der Waals surface area contributed by atoms with Crippen molar-refractivity contribution in [3.63, 3.8) is 0 Å². The van der Waals surface area contributed by atoms with E-state index in [1.165, 1.54) is 18.6 Å². The maximum Gasteiger partial charge on any atom is 0.425 e. The highest BCUT2D eigenvalue weighted by molar-refractivity contribution is 6.06. The molecular weight excluding hydrogens is 484 g/mol. The van der Waals surface area contributed by atoms with Crippen LogP contribution < -0.4 is 15.7 Å². The zero-order valence-corrected chi connectivity index (χ0v) is 17.5. The fourth-order valence-electron chi connectivity index (χ4n) is 3.03. The molecule has 0 aliphatic carbocycles. The third-order valence-corrected chi connectivity index (χ3v) is 4.82. The lowest BCUT2D eigenvalue weighted by molar-refractivity contribution is -0.189. The van der Waals surface area contributed by atoms with Crippen molar-refractivity contribution in [1.29, 1.82) is 0 Å². The molecule has 8 nitrogen and oxygen atoms in total. The lowest BCUT2D eigenvalue weighted by Crippen LogP contribution is -2.32. The van der Waals surface area contributed by atoms with Gasteiger partial charge in [-0.3, -0.25) is 9.78 Å². The number of amides is 1. The number of carbonyl (C=O) groups excluding carboxylic acids is 1. The van der Waals surface area contributed by atoms with Crippen LogP contribution in [-0.4, -0.2) is 37.4 Å². The summed E-state index contributed by atoms with van der Waals surface area (Å²) in [7, 11) is 0. The summed E-state index contributed by atoms with van der Waals surface area (Å²) < 4.78 is 88.7. The van der Waals surface area contributed by atoms with Crippen molar-refractivity contribution in [1.82, 2.24) is 19.2 Å². The molecule has 2 aromatic carbocycles. The minimum Gasteiger partial charge on any atom is -0.480 e. The van der Waals surface area contributed by atoms with Gasteiger partial charge in [-0.25, -0.2) is 22.4 Å². The minimum atomic E-state index is -4.88. The molecule has 0 aliphatic rings. The highest BCUT2D eigenvalue weighted by Gasteiger charge is 2.39. The molecule has 14 heteroatoms. The van der Waals surface area contributed by atoms with Gasteiger partial charge in [0.15, 0.2) is 11.8 Å². The summed E-state index contributed by atoms with van der Waals surface area (Å²) in [6, 6.07) is 3.81. The minimum absolute atomic E-state index is 0.000115. The first-order valence-corrected chi connectivity index (χ1v) is 9.71. The molecular formula is C21H13F6N5O3. The zero-order valence-electron chi connectivity index (χ0n) is 17.5. The van der Waals surface area contributed by atoms with Gasteiger partial charge >= 0.3 is 11.9 Å². The fourth-order valence-corrected chi connectivity index (χ4v) is 3.03. The van der Waals surface area contributed by atoms with Crippen molar-refractivity contribution in [3.05, 3.63) is 82.4 Å². The number of hydrogen-bond acceptors (Lipinski definition) is 5. The average Bonchev–Trinajstić information content (AvgIpc) is 3.13.